The highest BCUT2D eigenvalue weighted by molar-refractivity contribution is 7.13. The van der Waals surface area contributed by atoms with Gasteiger partial charge >= 0.3 is 5.97 Å². The molecule has 0 spiro atoms. The van der Waals surface area contributed by atoms with Crippen molar-refractivity contribution < 1.29 is 18.8 Å². The molecular weight excluding hydrogens is 297 g/mol. The van der Waals surface area contributed by atoms with Gasteiger partial charge in [-0.15, -0.1) is 11.3 Å². The first-order valence-electron chi connectivity index (χ1n) is 6.88. The highest BCUT2D eigenvalue weighted by Crippen LogP contribution is 2.24. The number of carbonyl (C=O) groups excluding carboxylic acids is 1. The van der Waals surface area contributed by atoms with Crippen LogP contribution in [-0.2, 0) is 14.4 Å². The number of esters is 1. The number of carbonyl (C=O) groups is 1. The van der Waals surface area contributed by atoms with Gasteiger partial charge in [0.1, 0.15) is 11.9 Å². The molecule has 0 aromatic carbocycles. The molecule has 21 heavy (non-hydrogen) atoms. The van der Waals surface area contributed by atoms with Crippen molar-refractivity contribution in [2.45, 2.75) is 44.9 Å². The number of aromatic nitrogens is 1. The van der Waals surface area contributed by atoms with E-state index in [-0.39, 0.29) is 18.0 Å². The Morgan fingerprint density at radius 3 is 2.95 bits per heavy atom. The molecule has 2 atom stereocenters. The van der Waals surface area contributed by atoms with Crippen molar-refractivity contribution in [3.05, 3.63) is 11.1 Å². The number of hydrogen-bond acceptors (Lipinski definition) is 7. The van der Waals surface area contributed by atoms with Gasteiger partial charge in [-0.2, -0.15) is 0 Å². The summed E-state index contributed by atoms with van der Waals surface area (Å²) in [5.74, 6) is -0.658. The van der Waals surface area contributed by atoms with E-state index in [1.54, 1.807) is 12.3 Å². The van der Waals surface area contributed by atoms with Crippen molar-refractivity contribution in [1.29, 1.82) is 0 Å². The van der Waals surface area contributed by atoms with Crippen LogP contribution in [0.5, 0.6) is 0 Å². The molecule has 0 amide bonds. The summed E-state index contributed by atoms with van der Waals surface area (Å²) >= 11 is 1.18. The van der Waals surface area contributed by atoms with Crippen molar-refractivity contribution in [1.82, 2.24) is 4.98 Å². The number of oxime groups is 1. The van der Waals surface area contributed by atoms with Gasteiger partial charge in [0.2, 0.25) is 5.71 Å². The number of nitrogens with zero attached hydrogens (tertiary/aromatic N) is 2. The van der Waals surface area contributed by atoms with Crippen LogP contribution >= 0.6 is 11.3 Å². The lowest BCUT2D eigenvalue weighted by atomic mass is 9.96. The third-order valence-corrected chi connectivity index (χ3v) is 3.81. The third-order valence-electron chi connectivity index (χ3n) is 3.13. The Bertz CT molecular complexity index is 521. The van der Waals surface area contributed by atoms with E-state index in [2.05, 4.69) is 10.1 Å². The van der Waals surface area contributed by atoms with Crippen LogP contribution in [0.4, 0.5) is 9.52 Å². The second-order valence-electron chi connectivity index (χ2n) is 4.68. The van der Waals surface area contributed by atoms with Gasteiger partial charge in [0.15, 0.2) is 11.2 Å². The van der Waals surface area contributed by atoms with E-state index < -0.39 is 18.2 Å². The van der Waals surface area contributed by atoms with E-state index in [0.29, 0.717) is 18.0 Å². The number of rotatable bonds is 5. The molecule has 1 aromatic rings. The van der Waals surface area contributed by atoms with Gasteiger partial charge in [-0.25, -0.2) is 14.2 Å². The molecule has 6 nitrogen and oxygen atoms in total. The first-order chi connectivity index (χ1) is 10.1. The zero-order valence-corrected chi connectivity index (χ0v) is 12.6. The Morgan fingerprint density at radius 2 is 2.33 bits per heavy atom. The molecule has 0 saturated heterocycles. The van der Waals surface area contributed by atoms with Crippen LogP contribution in [0, 0.1) is 0 Å². The lowest BCUT2D eigenvalue weighted by Gasteiger charge is -2.23. The van der Waals surface area contributed by atoms with Crippen LogP contribution in [-0.4, -0.2) is 35.5 Å². The highest BCUT2D eigenvalue weighted by Gasteiger charge is 2.28. The molecule has 2 rings (SSSR count). The van der Waals surface area contributed by atoms with Crippen LogP contribution in [0.3, 0.4) is 0 Å². The Balaban J connectivity index is 2.14. The Hall–Kier alpha value is -1.70. The van der Waals surface area contributed by atoms with Crippen molar-refractivity contribution in [3.8, 4) is 0 Å². The molecule has 1 fully saturated rings. The van der Waals surface area contributed by atoms with Crippen LogP contribution < -0.4 is 5.73 Å². The zero-order chi connectivity index (χ0) is 15.2. The van der Waals surface area contributed by atoms with Crippen molar-refractivity contribution in [2.24, 2.45) is 5.16 Å². The van der Waals surface area contributed by atoms with Crippen molar-refractivity contribution in [2.75, 3.05) is 12.3 Å². The third kappa shape index (κ3) is 4.13. The number of thiazole rings is 1. The second-order valence-corrected chi connectivity index (χ2v) is 5.57. The molecule has 1 heterocycles. The average molecular weight is 315 g/mol. The predicted octanol–water partition coefficient (Wildman–Crippen LogP) is 2.29. The number of alkyl halides is 1. The smallest absolute Gasteiger partial charge is 0.362 e. The van der Waals surface area contributed by atoms with E-state index in [4.69, 9.17) is 15.3 Å². The Kier molecular flexibility index (Phi) is 5.49. The first kappa shape index (κ1) is 15.7. The SMILES string of the molecule is CCOC(=O)/C(=N\OC1CCCCC1F)c1csc(N)n1. The van der Waals surface area contributed by atoms with Gasteiger partial charge in [0.25, 0.3) is 0 Å². The van der Waals surface area contributed by atoms with Crippen LogP contribution in [0.1, 0.15) is 38.3 Å². The maximum atomic E-state index is 13.7. The van der Waals surface area contributed by atoms with Gasteiger partial charge in [-0.3, -0.25) is 0 Å². The van der Waals surface area contributed by atoms with Gasteiger partial charge < -0.3 is 15.3 Å². The van der Waals surface area contributed by atoms with E-state index in [1.807, 2.05) is 0 Å². The molecule has 2 N–H and O–H groups in total. The standard InChI is InChI=1S/C13H18FN3O3S/c1-2-19-12(18)11(9-7-21-13(15)16-9)17-20-10-6-4-3-5-8(10)14/h7-8,10H,2-6H2,1H3,(H2,15,16)/b17-11-. The molecular formula is C13H18FN3O3S. The lowest BCUT2D eigenvalue weighted by Crippen LogP contribution is -2.29. The molecule has 0 aliphatic heterocycles. The molecule has 1 aliphatic rings. The summed E-state index contributed by atoms with van der Waals surface area (Å²) < 4.78 is 18.6. The summed E-state index contributed by atoms with van der Waals surface area (Å²) in [6.45, 7) is 1.89. The molecule has 0 radical (unpaired) electrons. The number of nitrogens with two attached hydrogens (primary N) is 1. The fourth-order valence-corrected chi connectivity index (χ4v) is 2.62. The molecule has 8 heteroatoms. The number of halogens is 1. The summed E-state index contributed by atoms with van der Waals surface area (Å²) in [5.41, 5.74) is 5.75. The molecule has 1 saturated carbocycles. The predicted molar refractivity (Wildman–Crippen MR) is 77.9 cm³/mol. The maximum absolute atomic E-state index is 13.7. The van der Waals surface area contributed by atoms with E-state index in [1.165, 1.54) is 11.3 Å². The number of hydrogen-bond donors (Lipinski definition) is 1. The van der Waals surface area contributed by atoms with Crippen LogP contribution in [0.2, 0.25) is 0 Å². The van der Waals surface area contributed by atoms with E-state index in [9.17, 15) is 9.18 Å². The normalized spacial score (nSPS) is 22.9. The largest absolute Gasteiger partial charge is 0.461 e. The number of nitrogen functional groups attached to an aromatic ring is 1. The van der Waals surface area contributed by atoms with Crippen molar-refractivity contribution in [3.63, 3.8) is 0 Å². The van der Waals surface area contributed by atoms with Gasteiger partial charge in [0, 0.05) is 5.38 Å². The van der Waals surface area contributed by atoms with Gasteiger partial charge in [-0.05, 0) is 26.2 Å². The fraction of sp³-hybridized carbons (Fsp3) is 0.615. The Labute approximate surface area is 126 Å². The summed E-state index contributed by atoms with van der Waals surface area (Å²) in [4.78, 5) is 21.1. The molecule has 116 valence electrons. The molecule has 1 aromatic heterocycles. The summed E-state index contributed by atoms with van der Waals surface area (Å²) in [6, 6.07) is 0. The molecule has 0 bridgehead atoms. The van der Waals surface area contributed by atoms with E-state index in [0.717, 1.165) is 12.8 Å². The average Bonchev–Trinajstić information content (AvgIpc) is 2.88. The highest BCUT2D eigenvalue weighted by atomic mass is 32.1. The van der Waals surface area contributed by atoms with Gasteiger partial charge in [0.05, 0.1) is 6.61 Å². The van der Waals surface area contributed by atoms with Crippen LogP contribution in [0.25, 0.3) is 0 Å². The summed E-state index contributed by atoms with van der Waals surface area (Å²) in [6.07, 6.45) is 1.08. The summed E-state index contributed by atoms with van der Waals surface area (Å²) in [5, 5.41) is 5.68. The molecule has 1 aliphatic carbocycles. The lowest BCUT2D eigenvalue weighted by molar-refractivity contribution is -0.135. The summed E-state index contributed by atoms with van der Waals surface area (Å²) in [7, 11) is 0. The molecule has 2 unspecified atom stereocenters. The second kappa shape index (κ2) is 7.35. The topological polar surface area (TPSA) is 86.8 Å². The Morgan fingerprint density at radius 1 is 1.57 bits per heavy atom. The number of ether oxygens (including phenoxy) is 1. The quantitative estimate of drug-likeness (QED) is 0.512. The zero-order valence-electron chi connectivity index (χ0n) is 11.8. The monoisotopic (exact) mass is 315 g/mol. The maximum Gasteiger partial charge on any atom is 0.362 e. The van der Waals surface area contributed by atoms with Crippen molar-refractivity contribution >= 4 is 28.1 Å². The minimum Gasteiger partial charge on any atom is -0.461 e. The minimum atomic E-state index is -1.06. The fourth-order valence-electron chi connectivity index (χ4n) is 2.08. The van der Waals surface area contributed by atoms with E-state index >= 15 is 0 Å². The first-order valence-corrected chi connectivity index (χ1v) is 7.76. The minimum absolute atomic E-state index is 0.0810. The van der Waals surface area contributed by atoms with Gasteiger partial charge in [-0.1, -0.05) is 11.6 Å². The van der Waals surface area contributed by atoms with Crippen LogP contribution in [0.15, 0.2) is 10.5 Å². The number of anilines is 1.